The van der Waals surface area contributed by atoms with Crippen molar-refractivity contribution in [2.45, 2.75) is 19.8 Å². The van der Waals surface area contributed by atoms with Gasteiger partial charge in [0.05, 0.1) is 31.3 Å². The Hall–Kier alpha value is -2.38. The molecule has 26 heavy (non-hydrogen) atoms. The van der Waals surface area contributed by atoms with Crippen LogP contribution in [0.15, 0.2) is 52.2 Å². The Morgan fingerprint density at radius 3 is 2.08 bits per heavy atom. The Morgan fingerprint density at radius 2 is 1.58 bits per heavy atom. The Labute approximate surface area is 159 Å². The Balaban J connectivity index is 2.15. The van der Waals surface area contributed by atoms with E-state index in [1.807, 2.05) is 43.5 Å². The van der Waals surface area contributed by atoms with Crippen molar-refractivity contribution in [1.82, 2.24) is 5.32 Å². The van der Waals surface area contributed by atoms with Crippen LogP contribution in [0.1, 0.15) is 24.6 Å². The number of thiophene rings is 2. The molecule has 0 saturated heterocycles. The summed E-state index contributed by atoms with van der Waals surface area (Å²) in [7, 11) is 2.68. The number of rotatable bonds is 4. The van der Waals surface area contributed by atoms with E-state index in [0.29, 0.717) is 22.5 Å². The lowest BCUT2D eigenvalue weighted by Gasteiger charge is -2.29. The molecule has 136 valence electrons. The molecule has 3 rings (SSSR count). The zero-order chi connectivity index (χ0) is 18.8. The molecule has 0 amide bonds. The van der Waals surface area contributed by atoms with E-state index in [1.165, 1.54) is 14.2 Å². The van der Waals surface area contributed by atoms with Gasteiger partial charge in [-0.2, -0.15) is 0 Å². The van der Waals surface area contributed by atoms with Crippen molar-refractivity contribution >= 4 is 34.6 Å². The third-order valence-electron chi connectivity index (χ3n) is 4.25. The molecule has 2 aromatic heterocycles. The van der Waals surface area contributed by atoms with Gasteiger partial charge in [-0.05, 0) is 37.4 Å². The summed E-state index contributed by atoms with van der Waals surface area (Å²) >= 11 is 3.21. The van der Waals surface area contributed by atoms with Gasteiger partial charge in [-0.15, -0.1) is 22.7 Å². The lowest BCUT2D eigenvalue weighted by molar-refractivity contribution is -0.137. The molecule has 1 N–H and O–H groups in total. The molecule has 0 unspecified atom stereocenters. The lowest BCUT2D eigenvalue weighted by atomic mass is 9.84. The lowest BCUT2D eigenvalue weighted by Crippen LogP contribution is -2.31. The van der Waals surface area contributed by atoms with Crippen LogP contribution in [0.4, 0.5) is 0 Å². The number of hydrogen-bond donors (Lipinski definition) is 1. The summed E-state index contributed by atoms with van der Waals surface area (Å²) < 4.78 is 9.97. The van der Waals surface area contributed by atoms with E-state index < -0.39 is 17.9 Å². The van der Waals surface area contributed by atoms with Crippen LogP contribution in [0.25, 0.3) is 9.75 Å². The van der Waals surface area contributed by atoms with Crippen molar-refractivity contribution in [3.8, 4) is 9.75 Å². The Kier molecular flexibility index (Phi) is 5.29. The van der Waals surface area contributed by atoms with E-state index >= 15 is 0 Å². The van der Waals surface area contributed by atoms with E-state index in [1.54, 1.807) is 22.7 Å². The van der Waals surface area contributed by atoms with Gasteiger partial charge < -0.3 is 14.8 Å². The first-order chi connectivity index (χ1) is 12.5. The Morgan fingerprint density at radius 1 is 0.962 bits per heavy atom. The zero-order valence-electron chi connectivity index (χ0n) is 14.9. The van der Waals surface area contributed by atoms with Crippen LogP contribution < -0.4 is 5.32 Å². The third-order valence-corrected chi connectivity index (χ3v) is 6.46. The van der Waals surface area contributed by atoms with Gasteiger partial charge in [0, 0.05) is 26.0 Å². The molecule has 1 aliphatic rings. The van der Waals surface area contributed by atoms with Gasteiger partial charge in [0.1, 0.15) is 0 Å². The van der Waals surface area contributed by atoms with Crippen molar-refractivity contribution in [3.63, 3.8) is 0 Å². The first-order valence-corrected chi connectivity index (χ1v) is 9.66. The van der Waals surface area contributed by atoms with Crippen molar-refractivity contribution in [1.29, 1.82) is 0 Å². The summed E-state index contributed by atoms with van der Waals surface area (Å²) in [4.78, 5) is 28.1. The van der Waals surface area contributed by atoms with Gasteiger partial charge in [-0.25, -0.2) is 9.59 Å². The highest BCUT2D eigenvalue weighted by molar-refractivity contribution is 7.21. The highest BCUT2D eigenvalue weighted by Gasteiger charge is 2.38. The summed E-state index contributed by atoms with van der Waals surface area (Å²) in [6, 6.07) is 8.02. The number of esters is 2. The highest BCUT2D eigenvalue weighted by Crippen LogP contribution is 2.44. The number of carbonyl (C=O) groups is 2. The topological polar surface area (TPSA) is 64.6 Å². The molecular weight excluding hydrogens is 370 g/mol. The highest BCUT2D eigenvalue weighted by atomic mass is 32.1. The summed E-state index contributed by atoms with van der Waals surface area (Å²) in [5.41, 5.74) is 2.22. The van der Waals surface area contributed by atoms with E-state index in [-0.39, 0.29) is 0 Å². The predicted octanol–water partition coefficient (Wildman–Crippen LogP) is 4.06. The molecule has 5 nitrogen and oxygen atoms in total. The predicted molar refractivity (Wildman–Crippen MR) is 103 cm³/mol. The third kappa shape index (κ3) is 3.20. The van der Waals surface area contributed by atoms with Crippen LogP contribution >= 0.6 is 22.7 Å². The van der Waals surface area contributed by atoms with Crippen molar-refractivity contribution in [2.75, 3.05) is 14.2 Å². The van der Waals surface area contributed by atoms with Gasteiger partial charge in [-0.3, -0.25) is 0 Å². The molecule has 0 aromatic carbocycles. The van der Waals surface area contributed by atoms with E-state index in [4.69, 9.17) is 9.47 Å². The van der Waals surface area contributed by atoms with Gasteiger partial charge in [0.25, 0.3) is 0 Å². The van der Waals surface area contributed by atoms with Crippen molar-refractivity contribution in [2.24, 2.45) is 0 Å². The molecule has 1 aliphatic heterocycles. The maximum absolute atomic E-state index is 12.5. The number of carbonyl (C=O) groups excluding carboxylic acids is 2. The number of methoxy groups -OCH3 is 2. The summed E-state index contributed by atoms with van der Waals surface area (Å²) in [6.07, 6.45) is 0. The molecule has 0 spiro atoms. The quantitative estimate of drug-likeness (QED) is 0.799. The van der Waals surface area contributed by atoms with Crippen molar-refractivity contribution in [3.05, 3.63) is 57.1 Å². The standard InChI is InChI=1S/C19H19NO4S2/c1-10-15(18(21)23-3)17(16(11(2)20-10)19(22)24-4)14-8-7-13(26-14)12-6-5-9-25-12/h5-9,17,20H,1-4H3. The second kappa shape index (κ2) is 7.47. The van der Waals surface area contributed by atoms with Gasteiger partial charge in [0.2, 0.25) is 0 Å². The van der Waals surface area contributed by atoms with Crippen molar-refractivity contribution < 1.29 is 19.1 Å². The van der Waals surface area contributed by atoms with Gasteiger partial charge in [0.15, 0.2) is 0 Å². The molecule has 7 heteroatoms. The molecule has 0 bridgehead atoms. The van der Waals surface area contributed by atoms with Gasteiger partial charge >= 0.3 is 11.9 Å². The molecule has 0 saturated carbocycles. The maximum Gasteiger partial charge on any atom is 0.336 e. The largest absolute Gasteiger partial charge is 0.466 e. The monoisotopic (exact) mass is 389 g/mol. The number of hydrogen-bond acceptors (Lipinski definition) is 7. The second-order valence-electron chi connectivity index (χ2n) is 5.80. The average Bonchev–Trinajstić information content (AvgIpc) is 3.31. The fourth-order valence-electron chi connectivity index (χ4n) is 3.10. The van der Waals surface area contributed by atoms with Crippen LogP contribution in [0.3, 0.4) is 0 Å². The molecule has 0 aliphatic carbocycles. The zero-order valence-corrected chi connectivity index (χ0v) is 16.5. The Bertz CT molecular complexity index is 868. The minimum atomic E-state index is -0.519. The fraction of sp³-hybridized carbons (Fsp3) is 0.263. The number of nitrogens with one attached hydrogen (secondary N) is 1. The molecular formula is C19H19NO4S2. The normalized spacial score (nSPS) is 15.1. The maximum atomic E-state index is 12.5. The summed E-state index contributed by atoms with van der Waals surface area (Å²) in [5, 5.41) is 5.13. The molecule has 0 fully saturated rings. The second-order valence-corrected chi connectivity index (χ2v) is 7.86. The van der Waals surface area contributed by atoms with Gasteiger partial charge in [-0.1, -0.05) is 6.07 Å². The van der Waals surface area contributed by atoms with Crippen LogP contribution in [0.2, 0.25) is 0 Å². The molecule has 3 heterocycles. The number of allylic oxidation sites excluding steroid dienone is 2. The van der Waals surface area contributed by atoms with E-state index in [0.717, 1.165) is 14.6 Å². The fourth-order valence-corrected chi connectivity index (χ4v) is 5.06. The minimum Gasteiger partial charge on any atom is -0.466 e. The van der Waals surface area contributed by atoms with E-state index in [9.17, 15) is 9.59 Å². The minimum absolute atomic E-state index is 0.429. The van der Waals surface area contributed by atoms with Crippen LogP contribution in [-0.2, 0) is 19.1 Å². The molecule has 0 atom stereocenters. The molecule has 0 radical (unpaired) electrons. The first-order valence-electron chi connectivity index (χ1n) is 7.96. The first kappa shape index (κ1) is 18.4. The summed E-state index contributed by atoms with van der Waals surface area (Å²) in [6.45, 7) is 3.62. The number of ether oxygens (including phenoxy) is 2. The van der Waals surface area contributed by atoms with E-state index in [2.05, 4.69) is 5.32 Å². The summed E-state index contributed by atoms with van der Waals surface area (Å²) in [5.74, 6) is -1.44. The van der Waals surface area contributed by atoms with Crippen LogP contribution in [0.5, 0.6) is 0 Å². The average molecular weight is 389 g/mol. The SMILES string of the molecule is COC(=O)C1=C(C)NC(C)=C(C(=O)OC)C1c1ccc(-c2cccs2)s1. The van der Waals surface area contributed by atoms with Crippen LogP contribution in [0, 0.1) is 0 Å². The smallest absolute Gasteiger partial charge is 0.336 e. The molecule has 2 aromatic rings. The number of dihydropyridines is 1. The van der Waals surface area contributed by atoms with Crippen LogP contribution in [-0.4, -0.2) is 26.2 Å².